The van der Waals surface area contributed by atoms with E-state index in [1.807, 2.05) is 6.08 Å². The molecule has 1 amide bonds. The number of carbonyl (C=O) groups excluding carboxylic acids is 2. The number of amides is 1. The van der Waals surface area contributed by atoms with Crippen molar-refractivity contribution < 1.29 is 24.5 Å². The van der Waals surface area contributed by atoms with Crippen LogP contribution >= 0.6 is 0 Å². The molecular weight excluding hydrogens is 863 g/mol. The van der Waals surface area contributed by atoms with Crippen molar-refractivity contribution >= 4 is 11.9 Å². The van der Waals surface area contributed by atoms with E-state index < -0.39 is 12.1 Å². The molecule has 6 nitrogen and oxygen atoms in total. The topological polar surface area (TPSA) is 95.9 Å². The lowest BCUT2D eigenvalue weighted by molar-refractivity contribution is -0.143. The van der Waals surface area contributed by atoms with Gasteiger partial charge in [-0.3, -0.25) is 9.59 Å². The van der Waals surface area contributed by atoms with Crippen LogP contribution < -0.4 is 5.32 Å². The number of carbonyl (C=O) groups is 2. The van der Waals surface area contributed by atoms with Crippen LogP contribution in [0.25, 0.3) is 0 Å². The van der Waals surface area contributed by atoms with E-state index in [-0.39, 0.29) is 18.5 Å². The molecule has 0 bridgehead atoms. The largest absolute Gasteiger partial charge is 0.466 e. The van der Waals surface area contributed by atoms with E-state index in [2.05, 4.69) is 67.8 Å². The summed E-state index contributed by atoms with van der Waals surface area (Å²) in [5, 5.41) is 23.2. The van der Waals surface area contributed by atoms with Gasteiger partial charge in [-0.25, -0.2) is 0 Å². The number of esters is 1. The average Bonchev–Trinajstić information content (AvgIpc) is 3.36. The summed E-state index contributed by atoms with van der Waals surface area (Å²) >= 11 is 0. The lowest BCUT2D eigenvalue weighted by atomic mass is 10.0. The quantitative estimate of drug-likeness (QED) is 0.0244. The molecule has 0 heterocycles. The van der Waals surface area contributed by atoms with E-state index in [0.29, 0.717) is 19.4 Å². The van der Waals surface area contributed by atoms with Crippen molar-refractivity contribution in [3.63, 3.8) is 0 Å². The Morgan fingerprint density at radius 2 is 0.757 bits per heavy atom. The summed E-state index contributed by atoms with van der Waals surface area (Å²) in [5.41, 5.74) is 0. The van der Waals surface area contributed by atoms with Gasteiger partial charge in [0.05, 0.1) is 25.4 Å². The zero-order chi connectivity index (χ0) is 50.7. The van der Waals surface area contributed by atoms with Crippen LogP contribution in [0.4, 0.5) is 0 Å². The van der Waals surface area contributed by atoms with Gasteiger partial charge < -0.3 is 20.3 Å². The number of ether oxygens (including phenoxy) is 1. The van der Waals surface area contributed by atoms with E-state index in [0.717, 1.165) is 89.9 Å². The maximum Gasteiger partial charge on any atom is 0.305 e. The minimum atomic E-state index is -0.854. The summed E-state index contributed by atoms with van der Waals surface area (Å²) in [7, 11) is 0. The van der Waals surface area contributed by atoms with E-state index in [1.54, 1.807) is 6.08 Å². The minimum absolute atomic E-state index is 0.0286. The lowest BCUT2D eigenvalue weighted by Crippen LogP contribution is -2.45. The number of unbranched alkanes of at least 4 members (excludes halogenated alkanes) is 38. The SMILES string of the molecule is CCCCC/C=C\C/C=C\CCCCCCCC(=O)OCCCCC/C=C\C=C/CCCCCCCCCCCCC(=O)NC(CO)C(O)/C=C/CCCCCCCCCCCCCCCCCCC. The first-order valence-electron chi connectivity index (χ1n) is 30.6. The Kier molecular flexibility index (Phi) is 57.1. The summed E-state index contributed by atoms with van der Waals surface area (Å²) in [6.45, 7) is 4.84. The summed E-state index contributed by atoms with van der Waals surface area (Å²) in [6.07, 6.45) is 76.8. The Labute approximate surface area is 435 Å². The van der Waals surface area contributed by atoms with Gasteiger partial charge in [-0.2, -0.15) is 0 Å². The van der Waals surface area contributed by atoms with Gasteiger partial charge in [0.15, 0.2) is 0 Å². The maximum atomic E-state index is 12.5. The molecule has 2 unspecified atom stereocenters. The fourth-order valence-corrected chi connectivity index (χ4v) is 9.07. The molecule has 408 valence electrons. The zero-order valence-corrected chi connectivity index (χ0v) is 46.5. The fraction of sp³-hybridized carbons (Fsp3) is 0.812. The van der Waals surface area contributed by atoms with Crippen LogP contribution in [0, 0.1) is 0 Å². The number of allylic oxidation sites excluding steroid dienone is 9. The fourth-order valence-electron chi connectivity index (χ4n) is 9.07. The maximum absolute atomic E-state index is 12.5. The van der Waals surface area contributed by atoms with Crippen molar-refractivity contribution in [2.75, 3.05) is 13.2 Å². The molecule has 0 saturated carbocycles. The van der Waals surface area contributed by atoms with Crippen molar-refractivity contribution in [2.24, 2.45) is 0 Å². The molecule has 0 rings (SSSR count). The molecule has 0 fully saturated rings. The van der Waals surface area contributed by atoms with Crippen molar-refractivity contribution in [2.45, 2.75) is 321 Å². The van der Waals surface area contributed by atoms with Crippen LogP contribution in [0.1, 0.15) is 309 Å². The van der Waals surface area contributed by atoms with Crippen LogP contribution in [-0.4, -0.2) is 47.4 Å². The minimum Gasteiger partial charge on any atom is -0.466 e. The van der Waals surface area contributed by atoms with Gasteiger partial charge in [0.25, 0.3) is 0 Å². The van der Waals surface area contributed by atoms with Crippen LogP contribution in [0.3, 0.4) is 0 Å². The van der Waals surface area contributed by atoms with Crippen molar-refractivity contribution in [3.8, 4) is 0 Å². The van der Waals surface area contributed by atoms with Crippen LogP contribution in [0.2, 0.25) is 0 Å². The Hall–Kier alpha value is -2.44. The van der Waals surface area contributed by atoms with Crippen LogP contribution in [0.5, 0.6) is 0 Å². The molecule has 3 N–H and O–H groups in total. The van der Waals surface area contributed by atoms with Crippen molar-refractivity contribution in [3.05, 3.63) is 60.8 Å². The monoisotopic (exact) mass is 980 g/mol. The van der Waals surface area contributed by atoms with E-state index in [1.165, 1.54) is 193 Å². The van der Waals surface area contributed by atoms with Gasteiger partial charge in [-0.05, 0) is 96.3 Å². The Balaban J connectivity index is 3.52. The number of aliphatic hydroxyl groups is 2. The molecule has 0 saturated heterocycles. The van der Waals surface area contributed by atoms with Gasteiger partial charge in [0.2, 0.25) is 5.91 Å². The molecule has 0 aliphatic heterocycles. The number of hydrogen-bond donors (Lipinski definition) is 3. The molecule has 0 aliphatic carbocycles. The van der Waals surface area contributed by atoms with Crippen LogP contribution in [0.15, 0.2) is 60.8 Å². The van der Waals surface area contributed by atoms with Gasteiger partial charge in [-0.15, -0.1) is 0 Å². The van der Waals surface area contributed by atoms with Crippen molar-refractivity contribution in [1.29, 1.82) is 0 Å². The molecule has 0 aromatic carbocycles. The molecule has 0 aromatic heterocycles. The first-order valence-corrected chi connectivity index (χ1v) is 30.6. The summed E-state index contributed by atoms with van der Waals surface area (Å²) < 4.78 is 5.45. The molecule has 0 aromatic rings. The number of nitrogens with one attached hydrogen (secondary N) is 1. The highest BCUT2D eigenvalue weighted by atomic mass is 16.5. The Morgan fingerprint density at radius 3 is 1.20 bits per heavy atom. The second-order valence-corrected chi connectivity index (χ2v) is 20.7. The van der Waals surface area contributed by atoms with Crippen molar-refractivity contribution in [1.82, 2.24) is 5.32 Å². The Morgan fingerprint density at radius 1 is 0.414 bits per heavy atom. The summed E-state index contributed by atoms with van der Waals surface area (Å²) in [6, 6.07) is -0.638. The highest BCUT2D eigenvalue weighted by Gasteiger charge is 2.18. The predicted molar refractivity (Wildman–Crippen MR) is 305 cm³/mol. The predicted octanol–water partition coefficient (Wildman–Crippen LogP) is 19.1. The third-order valence-corrected chi connectivity index (χ3v) is 13.8. The average molecular weight is 981 g/mol. The van der Waals surface area contributed by atoms with Crippen LogP contribution in [-0.2, 0) is 14.3 Å². The lowest BCUT2D eigenvalue weighted by Gasteiger charge is -2.20. The molecule has 6 heteroatoms. The molecule has 0 aliphatic rings. The van der Waals surface area contributed by atoms with E-state index in [4.69, 9.17) is 4.74 Å². The third kappa shape index (κ3) is 54.9. The smallest absolute Gasteiger partial charge is 0.305 e. The standard InChI is InChI=1S/C64H117NO5/c1-3-5-7-9-11-13-15-17-19-20-22-25-29-32-36-40-44-48-52-56-62(67)61(60-66)65-63(68)57-53-49-45-41-37-33-30-26-23-21-24-27-31-35-39-43-47-51-55-59-70-64(69)58-54-50-46-42-38-34-28-18-16-14-12-10-8-6-4-2/h12,14,18,27-28,31,35,39,52,56,61-62,66-67H,3-11,13,15-17,19-26,29-30,32-34,36-38,40-51,53-55,57-60H2,1-2H3,(H,65,68)/b14-12-,28-18-,31-27-,39-35-,56-52+. The van der Waals surface area contributed by atoms with Gasteiger partial charge in [0.1, 0.15) is 0 Å². The van der Waals surface area contributed by atoms with Gasteiger partial charge in [0, 0.05) is 12.8 Å². The second kappa shape index (κ2) is 59.1. The highest BCUT2D eigenvalue weighted by Crippen LogP contribution is 2.16. The third-order valence-electron chi connectivity index (χ3n) is 13.8. The number of hydrogen-bond acceptors (Lipinski definition) is 5. The molecule has 0 spiro atoms. The zero-order valence-electron chi connectivity index (χ0n) is 46.5. The highest BCUT2D eigenvalue weighted by molar-refractivity contribution is 5.76. The molecule has 0 radical (unpaired) electrons. The van der Waals surface area contributed by atoms with Gasteiger partial charge in [-0.1, -0.05) is 261 Å². The summed E-state index contributed by atoms with van der Waals surface area (Å²) in [5.74, 6) is -0.106. The first kappa shape index (κ1) is 67.6. The normalized spacial score (nSPS) is 13.0. The van der Waals surface area contributed by atoms with E-state index in [9.17, 15) is 19.8 Å². The molecule has 70 heavy (non-hydrogen) atoms. The van der Waals surface area contributed by atoms with Gasteiger partial charge >= 0.3 is 5.97 Å². The molecular formula is C64H117NO5. The Bertz CT molecular complexity index is 1220. The number of rotatable bonds is 56. The molecule has 2 atom stereocenters. The first-order chi connectivity index (χ1) is 34.5. The number of aliphatic hydroxyl groups excluding tert-OH is 2. The second-order valence-electron chi connectivity index (χ2n) is 20.7. The van der Waals surface area contributed by atoms with E-state index >= 15 is 0 Å². The summed E-state index contributed by atoms with van der Waals surface area (Å²) in [4.78, 5) is 24.5.